The Hall–Kier alpha value is -0.0800. The molecule has 1 aliphatic carbocycles. The van der Waals surface area contributed by atoms with E-state index in [1.807, 2.05) is 0 Å². The monoisotopic (exact) mass is 224 g/mol. The third kappa shape index (κ3) is 4.06. The third-order valence-electron chi connectivity index (χ3n) is 4.30. The Bertz CT molecular complexity index is 161. The molecule has 2 nitrogen and oxygen atoms in total. The van der Waals surface area contributed by atoms with Crippen LogP contribution in [0.15, 0.2) is 0 Å². The molecule has 2 heteroatoms. The maximum atomic E-state index is 6.29. The molecule has 0 radical (unpaired) electrons. The molecule has 1 saturated carbocycles. The summed E-state index contributed by atoms with van der Waals surface area (Å²) in [6, 6.07) is 0.432. The lowest BCUT2D eigenvalue weighted by atomic mass is 9.85. The van der Waals surface area contributed by atoms with Gasteiger partial charge >= 0.3 is 0 Å². The Morgan fingerprint density at radius 1 is 0.938 bits per heavy atom. The zero-order valence-electron chi connectivity index (χ0n) is 10.7. The number of hydrogen-bond acceptors (Lipinski definition) is 2. The van der Waals surface area contributed by atoms with E-state index in [0.29, 0.717) is 6.04 Å². The maximum absolute atomic E-state index is 6.29. The standard InChI is InChI=1S/C14H28N2/c15-14(11-13-7-3-1-4-8-13)12-16-9-5-2-6-10-16/h13-14H,1-12,15H2. The van der Waals surface area contributed by atoms with Gasteiger partial charge in [0.05, 0.1) is 0 Å². The van der Waals surface area contributed by atoms with E-state index in [-0.39, 0.29) is 0 Å². The molecule has 1 aliphatic heterocycles. The van der Waals surface area contributed by atoms with Crippen LogP contribution in [0.4, 0.5) is 0 Å². The van der Waals surface area contributed by atoms with E-state index in [0.717, 1.165) is 12.5 Å². The van der Waals surface area contributed by atoms with Crippen LogP contribution in [0.5, 0.6) is 0 Å². The smallest absolute Gasteiger partial charge is 0.0170 e. The highest BCUT2D eigenvalue weighted by Crippen LogP contribution is 2.27. The lowest BCUT2D eigenvalue weighted by Gasteiger charge is -2.31. The summed E-state index contributed by atoms with van der Waals surface area (Å²) >= 11 is 0. The molecule has 94 valence electrons. The Balaban J connectivity index is 1.64. The maximum Gasteiger partial charge on any atom is 0.0170 e. The molecule has 1 heterocycles. The van der Waals surface area contributed by atoms with Crippen LogP contribution < -0.4 is 5.73 Å². The number of piperidine rings is 1. The molecule has 0 bridgehead atoms. The largest absolute Gasteiger partial charge is 0.327 e. The van der Waals surface area contributed by atoms with Gasteiger partial charge in [-0.1, -0.05) is 38.5 Å². The van der Waals surface area contributed by atoms with E-state index in [9.17, 15) is 0 Å². The second-order valence-electron chi connectivity index (χ2n) is 5.86. The predicted molar refractivity (Wildman–Crippen MR) is 69.5 cm³/mol. The number of rotatable bonds is 4. The summed E-state index contributed by atoms with van der Waals surface area (Å²) in [5.74, 6) is 0.938. The van der Waals surface area contributed by atoms with Crippen molar-refractivity contribution in [3.63, 3.8) is 0 Å². The van der Waals surface area contributed by atoms with E-state index in [1.54, 1.807) is 0 Å². The van der Waals surface area contributed by atoms with Crippen molar-refractivity contribution < 1.29 is 0 Å². The van der Waals surface area contributed by atoms with E-state index in [2.05, 4.69) is 4.90 Å². The first-order valence-corrected chi connectivity index (χ1v) is 7.32. The molecule has 0 aromatic heterocycles. The van der Waals surface area contributed by atoms with Crippen LogP contribution in [0.2, 0.25) is 0 Å². The lowest BCUT2D eigenvalue weighted by Crippen LogP contribution is -2.41. The molecule has 2 N–H and O–H groups in total. The van der Waals surface area contributed by atoms with Crippen molar-refractivity contribution in [2.45, 2.75) is 63.8 Å². The molecule has 0 aromatic carbocycles. The van der Waals surface area contributed by atoms with Gasteiger partial charge in [0.15, 0.2) is 0 Å². The summed E-state index contributed by atoms with van der Waals surface area (Å²) in [7, 11) is 0. The molecule has 1 atom stereocenters. The second-order valence-corrected chi connectivity index (χ2v) is 5.86. The van der Waals surface area contributed by atoms with Crippen molar-refractivity contribution in [2.75, 3.05) is 19.6 Å². The summed E-state index contributed by atoms with van der Waals surface area (Å²) < 4.78 is 0. The Morgan fingerprint density at radius 2 is 1.56 bits per heavy atom. The van der Waals surface area contributed by atoms with Gasteiger partial charge in [-0.05, 0) is 38.3 Å². The molecular weight excluding hydrogens is 196 g/mol. The fraction of sp³-hybridized carbons (Fsp3) is 1.00. The number of hydrogen-bond donors (Lipinski definition) is 1. The minimum absolute atomic E-state index is 0.432. The van der Waals surface area contributed by atoms with Gasteiger partial charge < -0.3 is 10.6 Å². The summed E-state index contributed by atoms with van der Waals surface area (Å²) in [5, 5.41) is 0. The zero-order chi connectivity index (χ0) is 11.2. The summed E-state index contributed by atoms with van der Waals surface area (Å²) in [6.45, 7) is 3.73. The van der Waals surface area contributed by atoms with Crippen molar-refractivity contribution >= 4 is 0 Å². The molecule has 0 spiro atoms. The highest BCUT2D eigenvalue weighted by Gasteiger charge is 2.19. The average molecular weight is 224 g/mol. The molecule has 0 amide bonds. The van der Waals surface area contributed by atoms with Crippen LogP contribution in [0.25, 0.3) is 0 Å². The normalized spacial score (nSPS) is 26.8. The Kier molecular flexibility index (Phi) is 5.11. The first-order valence-electron chi connectivity index (χ1n) is 7.32. The van der Waals surface area contributed by atoms with E-state index in [4.69, 9.17) is 5.73 Å². The van der Waals surface area contributed by atoms with Crippen molar-refractivity contribution in [1.29, 1.82) is 0 Å². The molecule has 1 unspecified atom stereocenters. The van der Waals surface area contributed by atoms with Gasteiger partial charge in [-0.3, -0.25) is 0 Å². The van der Waals surface area contributed by atoms with Crippen LogP contribution in [0, 0.1) is 5.92 Å². The van der Waals surface area contributed by atoms with Crippen LogP contribution in [-0.4, -0.2) is 30.6 Å². The van der Waals surface area contributed by atoms with Gasteiger partial charge in [0.2, 0.25) is 0 Å². The van der Waals surface area contributed by atoms with Gasteiger partial charge in [0.25, 0.3) is 0 Å². The van der Waals surface area contributed by atoms with Crippen molar-refractivity contribution in [3.05, 3.63) is 0 Å². The van der Waals surface area contributed by atoms with Gasteiger partial charge in [-0.2, -0.15) is 0 Å². The van der Waals surface area contributed by atoms with E-state index < -0.39 is 0 Å². The lowest BCUT2D eigenvalue weighted by molar-refractivity contribution is 0.200. The highest BCUT2D eigenvalue weighted by atomic mass is 15.1. The van der Waals surface area contributed by atoms with Gasteiger partial charge in [-0.15, -0.1) is 0 Å². The van der Waals surface area contributed by atoms with Gasteiger partial charge in [0.1, 0.15) is 0 Å². The fourth-order valence-electron chi connectivity index (χ4n) is 3.40. The number of likely N-dealkylation sites (tertiary alicyclic amines) is 1. The zero-order valence-corrected chi connectivity index (χ0v) is 10.7. The molecule has 2 fully saturated rings. The van der Waals surface area contributed by atoms with Crippen molar-refractivity contribution in [2.24, 2.45) is 11.7 Å². The fourth-order valence-corrected chi connectivity index (χ4v) is 3.40. The number of nitrogens with two attached hydrogens (primary N) is 1. The van der Waals surface area contributed by atoms with Crippen LogP contribution in [0.3, 0.4) is 0 Å². The minimum Gasteiger partial charge on any atom is -0.327 e. The Labute approximate surface area is 101 Å². The SMILES string of the molecule is NC(CC1CCCCC1)CN1CCCCC1. The average Bonchev–Trinajstić information content (AvgIpc) is 2.31. The van der Waals surface area contributed by atoms with Crippen molar-refractivity contribution in [1.82, 2.24) is 4.90 Å². The molecule has 1 saturated heterocycles. The Morgan fingerprint density at radius 3 is 2.25 bits per heavy atom. The summed E-state index contributed by atoms with van der Waals surface area (Å²) in [6.07, 6.45) is 12.7. The predicted octanol–water partition coefficient (Wildman–Crippen LogP) is 2.77. The molecular formula is C14H28N2. The second kappa shape index (κ2) is 6.61. The molecule has 2 rings (SSSR count). The van der Waals surface area contributed by atoms with Gasteiger partial charge in [0, 0.05) is 12.6 Å². The molecule has 16 heavy (non-hydrogen) atoms. The summed E-state index contributed by atoms with van der Waals surface area (Å²) in [5.41, 5.74) is 6.29. The number of nitrogens with zero attached hydrogens (tertiary/aromatic N) is 1. The van der Waals surface area contributed by atoms with Crippen LogP contribution in [0.1, 0.15) is 57.8 Å². The molecule has 0 aromatic rings. The highest BCUT2D eigenvalue weighted by molar-refractivity contribution is 4.76. The van der Waals surface area contributed by atoms with E-state index in [1.165, 1.54) is 70.9 Å². The minimum atomic E-state index is 0.432. The van der Waals surface area contributed by atoms with E-state index >= 15 is 0 Å². The first kappa shape index (κ1) is 12.4. The molecule has 2 aliphatic rings. The van der Waals surface area contributed by atoms with Gasteiger partial charge in [-0.25, -0.2) is 0 Å². The van der Waals surface area contributed by atoms with Crippen molar-refractivity contribution in [3.8, 4) is 0 Å². The summed E-state index contributed by atoms with van der Waals surface area (Å²) in [4.78, 5) is 2.58. The quantitative estimate of drug-likeness (QED) is 0.795. The third-order valence-corrected chi connectivity index (χ3v) is 4.30. The topological polar surface area (TPSA) is 29.3 Å². The first-order chi connectivity index (χ1) is 7.84. The van der Waals surface area contributed by atoms with Crippen LogP contribution in [-0.2, 0) is 0 Å². The van der Waals surface area contributed by atoms with Crippen LogP contribution >= 0.6 is 0 Å².